The maximum atomic E-state index is 5.48. The predicted octanol–water partition coefficient (Wildman–Crippen LogP) is 3.71. The number of hydrogen-bond acceptors (Lipinski definition) is 1. The van der Waals surface area contributed by atoms with E-state index in [9.17, 15) is 0 Å². The van der Waals surface area contributed by atoms with Gasteiger partial charge in [0.05, 0.1) is 6.10 Å². The summed E-state index contributed by atoms with van der Waals surface area (Å²) in [7, 11) is 0. The molecule has 0 saturated heterocycles. The molecular weight excluding hydrogens is 160 g/mol. The largest absolute Gasteiger partial charge is 0.370 e. The molecule has 0 aliphatic rings. The average Bonchev–Trinajstić information content (AvgIpc) is 2.17. The lowest BCUT2D eigenvalue weighted by atomic mass is 10.2. The minimum absolute atomic E-state index is 0.0335. The van der Waals surface area contributed by atoms with Gasteiger partial charge in [0.1, 0.15) is 0 Å². The zero-order valence-corrected chi connectivity index (χ0v) is 8.80. The van der Waals surface area contributed by atoms with E-state index in [4.69, 9.17) is 4.74 Å². The molecule has 0 aromatic heterocycles. The fourth-order valence-electron chi connectivity index (χ4n) is 1.16. The lowest BCUT2D eigenvalue weighted by Gasteiger charge is -2.08. The van der Waals surface area contributed by atoms with E-state index in [0.29, 0.717) is 0 Å². The van der Waals surface area contributed by atoms with Gasteiger partial charge < -0.3 is 4.74 Å². The van der Waals surface area contributed by atoms with Crippen LogP contribution in [-0.4, -0.2) is 12.7 Å². The van der Waals surface area contributed by atoms with Gasteiger partial charge in [0.25, 0.3) is 0 Å². The Balaban J connectivity index is 3.14. The Kier molecular flexibility index (Phi) is 9.12. The fourth-order valence-corrected chi connectivity index (χ4v) is 1.16. The number of ether oxygens (including phenoxy) is 1. The third-order valence-corrected chi connectivity index (χ3v) is 2.02. The van der Waals surface area contributed by atoms with Gasteiger partial charge in [-0.3, -0.25) is 0 Å². The second-order valence-corrected chi connectivity index (χ2v) is 3.22. The van der Waals surface area contributed by atoms with Crippen LogP contribution in [0.4, 0.5) is 0 Å². The van der Waals surface area contributed by atoms with E-state index >= 15 is 0 Å². The lowest BCUT2D eigenvalue weighted by molar-refractivity contribution is 0.112. The molecule has 0 aliphatic carbocycles. The zero-order chi connectivity index (χ0) is 9.94. The molecule has 0 unspecified atom stereocenters. The molecule has 0 rings (SSSR count). The summed E-state index contributed by atoms with van der Waals surface area (Å²) in [6.07, 6.45) is 9.97. The molecule has 0 N–H and O–H groups in total. The molecule has 1 nitrogen and oxygen atoms in total. The monoisotopic (exact) mass is 182 g/mol. The molecule has 0 aromatic carbocycles. The Labute approximate surface area is 82.5 Å². The minimum Gasteiger partial charge on any atom is -0.370 e. The van der Waals surface area contributed by atoms with Crippen molar-refractivity contribution in [2.24, 2.45) is 0 Å². The molecule has 1 heteroatoms. The van der Waals surface area contributed by atoms with Crippen LogP contribution in [0.5, 0.6) is 0 Å². The first-order chi connectivity index (χ1) is 6.35. The third kappa shape index (κ3) is 7.79. The van der Waals surface area contributed by atoms with Gasteiger partial charge in [-0.1, -0.05) is 44.8 Å². The van der Waals surface area contributed by atoms with Crippen molar-refractivity contribution in [1.82, 2.24) is 0 Å². The second-order valence-electron chi connectivity index (χ2n) is 3.22. The van der Waals surface area contributed by atoms with Crippen LogP contribution in [0.3, 0.4) is 0 Å². The fraction of sp³-hybridized carbons (Fsp3) is 0.667. The Morgan fingerprint density at radius 1 is 1.08 bits per heavy atom. The van der Waals surface area contributed by atoms with E-state index in [1.807, 2.05) is 0 Å². The maximum absolute atomic E-state index is 5.48. The van der Waals surface area contributed by atoms with E-state index in [2.05, 4.69) is 20.1 Å². The summed E-state index contributed by atoms with van der Waals surface area (Å²) in [5, 5.41) is 0. The molecule has 0 saturated carbocycles. The first kappa shape index (κ1) is 12.4. The molecule has 0 aliphatic heterocycles. The standard InChI is InChI=1S/C12H22O/c1-4-7-8-9-10-11-13-12(5-2)6-3/h5-6,12H,2-4,7-11H2,1H3. The van der Waals surface area contributed by atoms with Gasteiger partial charge >= 0.3 is 0 Å². The molecule has 0 heterocycles. The summed E-state index contributed by atoms with van der Waals surface area (Å²) in [5.74, 6) is 0. The minimum atomic E-state index is 0.0335. The van der Waals surface area contributed by atoms with Crippen LogP contribution >= 0.6 is 0 Å². The van der Waals surface area contributed by atoms with Crippen molar-refractivity contribution in [2.45, 2.75) is 45.1 Å². The molecule has 0 radical (unpaired) electrons. The highest BCUT2D eigenvalue weighted by molar-refractivity contribution is 4.93. The van der Waals surface area contributed by atoms with Crippen molar-refractivity contribution in [2.75, 3.05) is 6.61 Å². The van der Waals surface area contributed by atoms with Crippen LogP contribution in [0.1, 0.15) is 39.0 Å². The van der Waals surface area contributed by atoms with E-state index in [1.54, 1.807) is 12.2 Å². The molecular formula is C12H22O. The molecule has 0 fully saturated rings. The summed E-state index contributed by atoms with van der Waals surface area (Å²) >= 11 is 0. The van der Waals surface area contributed by atoms with E-state index < -0.39 is 0 Å². The van der Waals surface area contributed by atoms with Gasteiger partial charge in [-0.15, -0.1) is 13.2 Å². The SMILES string of the molecule is C=CC(C=C)OCCCCCCC. The summed E-state index contributed by atoms with van der Waals surface area (Å²) < 4.78 is 5.48. The third-order valence-electron chi connectivity index (χ3n) is 2.02. The van der Waals surface area contributed by atoms with Crippen molar-refractivity contribution in [3.8, 4) is 0 Å². The van der Waals surface area contributed by atoms with E-state index in [0.717, 1.165) is 13.0 Å². The summed E-state index contributed by atoms with van der Waals surface area (Å²) in [6, 6.07) is 0. The van der Waals surface area contributed by atoms with Gasteiger partial charge in [-0.2, -0.15) is 0 Å². The Morgan fingerprint density at radius 3 is 2.23 bits per heavy atom. The van der Waals surface area contributed by atoms with Crippen LogP contribution in [0.25, 0.3) is 0 Å². The molecule has 0 spiro atoms. The Morgan fingerprint density at radius 2 is 1.69 bits per heavy atom. The van der Waals surface area contributed by atoms with Crippen molar-refractivity contribution < 1.29 is 4.74 Å². The smallest absolute Gasteiger partial charge is 0.0932 e. The Bertz CT molecular complexity index is 121. The van der Waals surface area contributed by atoms with Crippen molar-refractivity contribution in [3.63, 3.8) is 0 Å². The first-order valence-corrected chi connectivity index (χ1v) is 5.21. The van der Waals surface area contributed by atoms with Gasteiger partial charge in [0.15, 0.2) is 0 Å². The van der Waals surface area contributed by atoms with Crippen molar-refractivity contribution in [1.29, 1.82) is 0 Å². The number of unbranched alkanes of at least 4 members (excludes halogenated alkanes) is 4. The zero-order valence-electron chi connectivity index (χ0n) is 8.80. The highest BCUT2D eigenvalue weighted by atomic mass is 16.5. The highest BCUT2D eigenvalue weighted by Gasteiger charge is 1.96. The molecule has 76 valence electrons. The number of hydrogen-bond donors (Lipinski definition) is 0. The number of rotatable bonds is 9. The average molecular weight is 182 g/mol. The quantitative estimate of drug-likeness (QED) is 0.390. The van der Waals surface area contributed by atoms with E-state index in [-0.39, 0.29) is 6.10 Å². The molecule has 0 aromatic rings. The van der Waals surface area contributed by atoms with Gasteiger partial charge in [-0.25, -0.2) is 0 Å². The lowest BCUT2D eigenvalue weighted by Crippen LogP contribution is -2.06. The summed E-state index contributed by atoms with van der Waals surface area (Å²) in [6.45, 7) is 10.4. The van der Waals surface area contributed by atoms with Crippen LogP contribution in [-0.2, 0) is 4.74 Å². The first-order valence-electron chi connectivity index (χ1n) is 5.21. The van der Waals surface area contributed by atoms with Gasteiger partial charge in [0, 0.05) is 6.61 Å². The highest BCUT2D eigenvalue weighted by Crippen LogP contribution is 2.04. The molecule has 0 atom stereocenters. The van der Waals surface area contributed by atoms with Crippen molar-refractivity contribution in [3.05, 3.63) is 25.3 Å². The Hall–Kier alpha value is -0.560. The normalized spacial score (nSPS) is 10.3. The van der Waals surface area contributed by atoms with Crippen LogP contribution < -0.4 is 0 Å². The predicted molar refractivity (Wildman–Crippen MR) is 58.9 cm³/mol. The maximum Gasteiger partial charge on any atom is 0.0932 e. The molecule has 0 amide bonds. The van der Waals surface area contributed by atoms with Gasteiger partial charge in [-0.05, 0) is 6.42 Å². The summed E-state index contributed by atoms with van der Waals surface area (Å²) in [5.41, 5.74) is 0. The second kappa shape index (κ2) is 9.53. The van der Waals surface area contributed by atoms with Gasteiger partial charge in [0.2, 0.25) is 0 Å². The molecule has 13 heavy (non-hydrogen) atoms. The van der Waals surface area contributed by atoms with E-state index in [1.165, 1.54) is 25.7 Å². The molecule has 0 bridgehead atoms. The topological polar surface area (TPSA) is 9.23 Å². The van der Waals surface area contributed by atoms with Crippen LogP contribution in [0.15, 0.2) is 25.3 Å². The van der Waals surface area contributed by atoms with Crippen molar-refractivity contribution >= 4 is 0 Å². The van der Waals surface area contributed by atoms with Crippen LogP contribution in [0, 0.1) is 0 Å². The van der Waals surface area contributed by atoms with Crippen LogP contribution in [0.2, 0.25) is 0 Å². The summed E-state index contributed by atoms with van der Waals surface area (Å²) in [4.78, 5) is 0.